The molecular weight excluding hydrogens is 328 g/mol. The van der Waals surface area contributed by atoms with Crippen LogP contribution in [0, 0.1) is 0 Å². The van der Waals surface area contributed by atoms with Gasteiger partial charge in [0.2, 0.25) is 0 Å². The van der Waals surface area contributed by atoms with Crippen molar-refractivity contribution in [2.24, 2.45) is 0 Å². The molecule has 1 aliphatic heterocycles. The Labute approximate surface area is 127 Å². The molecule has 19 heavy (non-hydrogen) atoms. The average molecular weight is 346 g/mol. The number of nitrogens with zero attached hydrogens (tertiary/aromatic N) is 1. The second-order valence-electron chi connectivity index (χ2n) is 4.96. The molecule has 3 nitrogen and oxygen atoms in total. The number of nitrogens with one attached hydrogen (secondary N) is 1. The van der Waals surface area contributed by atoms with E-state index in [4.69, 9.17) is 11.6 Å². The van der Waals surface area contributed by atoms with E-state index in [-0.39, 0.29) is 5.91 Å². The van der Waals surface area contributed by atoms with Crippen LogP contribution in [0.3, 0.4) is 0 Å². The molecule has 2 rings (SSSR count). The molecule has 0 bridgehead atoms. The van der Waals surface area contributed by atoms with E-state index in [9.17, 15) is 4.79 Å². The third-order valence-electron chi connectivity index (χ3n) is 3.42. The van der Waals surface area contributed by atoms with Gasteiger partial charge in [-0.05, 0) is 53.5 Å². The van der Waals surface area contributed by atoms with Crippen LogP contribution in [-0.4, -0.2) is 37.0 Å². The van der Waals surface area contributed by atoms with E-state index in [0.29, 0.717) is 16.6 Å². The van der Waals surface area contributed by atoms with Gasteiger partial charge in [0.15, 0.2) is 0 Å². The SMILES string of the molecule is CN(CC1CCCCN1)C(=O)c1ccc(Cl)c(Br)c1. The van der Waals surface area contributed by atoms with Crippen LogP contribution in [0.2, 0.25) is 5.02 Å². The molecular formula is C14H18BrClN2O. The molecule has 1 amide bonds. The van der Waals surface area contributed by atoms with Gasteiger partial charge in [0.1, 0.15) is 0 Å². The second-order valence-corrected chi connectivity index (χ2v) is 6.22. The highest BCUT2D eigenvalue weighted by molar-refractivity contribution is 9.10. The third-order valence-corrected chi connectivity index (χ3v) is 4.63. The van der Waals surface area contributed by atoms with Crippen molar-refractivity contribution in [1.82, 2.24) is 10.2 Å². The first-order chi connectivity index (χ1) is 9.08. The Kier molecular flexibility index (Phi) is 5.25. The minimum atomic E-state index is 0.0322. The molecule has 1 aromatic rings. The van der Waals surface area contributed by atoms with Crippen LogP contribution in [-0.2, 0) is 0 Å². The van der Waals surface area contributed by atoms with E-state index in [0.717, 1.165) is 24.0 Å². The minimum Gasteiger partial charge on any atom is -0.340 e. The van der Waals surface area contributed by atoms with Gasteiger partial charge in [-0.2, -0.15) is 0 Å². The zero-order valence-electron chi connectivity index (χ0n) is 11.0. The Morgan fingerprint density at radius 1 is 1.53 bits per heavy atom. The second kappa shape index (κ2) is 6.73. The summed E-state index contributed by atoms with van der Waals surface area (Å²) in [6.07, 6.45) is 3.62. The van der Waals surface area contributed by atoms with Crippen molar-refractivity contribution in [3.05, 3.63) is 33.3 Å². The van der Waals surface area contributed by atoms with Gasteiger partial charge >= 0.3 is 0 Å². The molecule has 1 heterocycles. The number of rotatable bonds is 3. The number of amides is 1. The van der Waals surface area contributed by atoms with Gasteiger partial charge in [-0.1, -0.05) is 18.0 Å². The summed E-state index contributed by atoms with van der Waals surface area (Å²) in [7, 11) is 1.85. The maximum absolute atomic E-state index is 12.3. The maximum atomic E-state index is 12.3. The number of hydrogen-bond acceptors (Lipinski definition) is 2. The van der Waals surface area contributed by atoms with E-state index in [1.54, 1.807) is 23.1 Å². The van der Waals surface area contributed by atoms with Crippen molar-refractivity contribution in [2.45, 2.75) is 25.3 Å². The van der Waals surface area contributed by atoms with Crippen LogP contribution in [0.1, 0.15) is 29.6 Å². The van der Waals surface area contributed by atoms with Gasteiger partial charge in [0.25, 0.3) is 5.91 Å². The molecule has 1 N–H and O–H groups in total. The highest BCUT2D eigenvalue weighted by Gasteiger charge is 2.19. The first-order valence-corrected chi connectivity index (χ1v) is 7.69. The topological polar surface area (TPSA) is 32.3 Å². The minimum absolute atomic E-state index is 0.0322. The van der Waals surface area contributed by atoms with Crippen LogP contribution in [0.4, 0.5) is 0 Å². The zero-order valence-corrected chi connectivity index (χ0v) is 13.3. The molecule has 1 fully saturated rings. The Balaban J connectivity index is 1.99. The van der Waals surface area contributed by atoms with E-state index in [1.807, 2.05) is 7.05 Å². The lowest BCUT2D eigenvalue weighted by Crippen LogP contribution is -2.44. The number of halogens is 2. The molecule has 1 saturated heterocycles. The monoisotopic (exact) mass is 344 g/mol. The Morgan fingerprint density at radius 3 is 2.95 bits per heavy atom. The normalized spacial score (nSPS) is 19.2. The summed E-state index contributed by atoms with van der Waals surface area (Å²) in [5.74, 6) is 0.0322. The highest BCUT2D eigenvalue weighted by atomic mass is 79.9. The van der Waals surface area contributed by atoms with Gasteiger partial charge in [-0.3, -0.25) is 4.79 Å². The van der Waals surface area contributed by atoms with Gasteiger partial charge in [-0.25, -0.2) is 0 Å². The largest absolute Gasteiger partial charge is 0.340 e. The summed E-state index contributed by atoms with van der Waals surface area (Å²) in [5, 5.41) is 4.07. The van der Waals surface area contributed by atoms with Crippen LogP contribution >= 0.6 is 27.5 Å². The summed E-state index contributed by atoms with van der Waals surface area (Å²) < 4.78 is 0.754. The summed E-state index contributed by atoms with van der Waals surface area (Å²) in [4.78, 5) is 14.1. The van der Waals surface area contributed by atoms with Crippen LogP contribution in [0.15, 0.2) is 22.7 Å². The molecule has 1 atom stereocenters. The van der Waals surface area contributed by atoms with Crippen LogP contribution in [0.5, 0.6) is 0 Å². The molecule has 1 aromatic carbocycles. The standard InChI is InChI=1S/C14H18BrClN2O/c1-18(9-11-4-2-3-7-17-11)14(19)10-5-6-13(16)12(15)8-10/h5-6,8,11,17H,2-4,7,9H2,1H3. The molecule has 0 radical (unpaired) electrons. The molecule has 1 unspecified atom stereocenters. The highest BCUT2D eigenvalue weighted by Crippen LogP contribution is 2.23. The Bertz CT molecular complexity index is 461. The fraction of sp³-hybridized carbons (Fsp3) is 0.500. The third kappa shape index (κ3) is 3.94. The van der Waals surface area contributed by atoms with E-state index < -0.39 is 0 Å². The van der Waals surface area contributed by atoms with Crippen molar-refractivity contribution in [1.29, 1.82) is 0 Å². The van der Waals surface area contributed by atoms with Crippen molar-refractivity contribution in [3.63, 3.8) is 0 Å². The predicted molar refractivity (Wildman–Crippen MR) is 81.8 cm³/mol. The molecule has 1 aliphatic rings. The van der Waals surface area contributed by atoms with Gasteiger partial charge in [-0.15, -0.1) is 0 Å². The molecule has 0 spiro atoms. The summed E-state index contributed by atoms with van der Waals surface area (Å²) in [6.45, 7) is 1.80. The van der Waals surface area contributed by atoms with Crippen LogP contribution in [0.25, 0.3) is 0 Å². The maximum Gasteiger partial charge on any atom is 0.253 e. The van der Waals surface area contributed by atoms with E-state index >= 15 is 0 Å². The predicted octanol–water partition coefficient (Wildman–Crippen LogP) is 3.32. The lowest BCUT2D eigenvalue weighted by atomic mass is 10.0. The number of likely N-dealkylation sites (N-methyl/N-ethyl adjacent to an activating group) is 1. The number of carbonyl (C=O) groups is 1. The van der Waals surface area contributed by atoms with Crippen molar-refractivity contribution in [2.75, 3.05) is 20.1 Å². The van der Waals surface area contributed by atoms with E-state index in [1.165, 1.54) is 12.8 Å². The number of piperidine rings is 1. The number of hydrogen-bond donors (Lipinski definition) is 1. The summed E-state index contributed by atoms with van der Waals surface area (Å²) in [6, 6.07) is 5.69. The van der Waals surface area contributed by atoms with Crippen molar-refractivity contribution < 1.29 is 4.79 Å². The fourth-order valence-corrected chi connectivity index (χ4v) is 2.84. The van der Waals surface area contributed by atoms with Gasteiger partial charge < -0.3 is 10.2 Å². The first-order valence-electron chi connectivity index (χ1n) is 6.52. The Morgan fingerprint density at radius 2 is 2.32 bits per heavy atom. The smallest absolute Gasteiger partial charge is 0.253 e. The molecule has 0 aliphatic carbocycles. The molecule has 5 heteroatoms. The van der Waals surface area contributed by atoms with Crippen molar-refractivity contribution in [3.8, 4) is 0 Å². The molecule has 0 saturated carbocycles. The molecule has 0 aromatic heterocycles. The van der Waals surface area contributed by atoms with Crippen LogP contribution < -0.4 is 5.32 Å². The van der Waals surface area contributed by atoms with E-state index in [2.05, 4.69) is 21.2 Å². The molecule has 104 valence electrons. The Hall–Kier alpha value is -0.580. The lowest BCUT2D eigenvalue weighted by molar-refractivity contribution is 0.0775. The first kappa shape index (κ1) is 14.8. The lowest BCUT2D eigenvalue weighted by Gasteiger charge is -2.28. The van der Waals surface area contributed by atoms with Crippen molar-refractivity contribution >= 4 is 33.4 Å². The zero-order chi connectivity index (χ0) is 13.8. The van der Waals surface area contributed by atoms with Gasteiger partial charge in [0.05, 0.1) is 5.02 Å². The summed E-state index contributed by atoms with van der Waals surface area (Å²) >= 11 is 9.29. The fourth-order valence-electron chi connectivity index (χ4n) is 2.34. The number of benzene rings is 1. The quantitative estimate of drug-likeness (QED) is 0.911. The summed E-state index contributed by atoms with van der Waals surface area (Å²) in [5.41, 5.74) is 0.662. The average Bonchev–Trinajstić information content (AvgIpc) is 2.42. The number of carbonyl (C=O) groups excluding carboxylic acids is 1. The van der Waals surface area contributed by atoms with Gasteiger partial charge in [0, 0.05) is 29.7 Å².